The summed E-state index contributed by atoms with van der Waals surface area (Å²) in [7, 11) is 0. The van der Waals surface area contributed by atoms with Gasteiger partial charge in [-0.3, -0.25) is 4.79 Å². The van der Waals surface area contributed by atoms with Crippen molar-refractivity contribution in [3.8, 4) is 0 Å². The molecule has 19 heavy (non-hydrogen) atoms. The molecule has 0 radical (unpaired) electrons. The zero-order valence-corrected chi connectivity index (χ0v) is 11.4. The Bertz CT molecular complexity index is 449. The van der Waals surface area contributed by atoms with Crippen molar-refractivity contribution in [3.63, 3.8) is 0 Å². The molecule has 2 rings (SSSR count). The minimum Gasteiger partial charge on any atom is -0.366 e. The first-order chi connectivity index (χ1) is 9.17. The lowest BCUT2D eigenvalue weighted by molar-refractivity contribution is 0.1000. The molecule has 1 amide bonds. The number of nitrogens with two attached hydrogens (primary N) is 2. The third-order valence-electron chi connectivity index (χ3n) is 3.99. The Hall–Kier alpha value is -1.62. The van der Waals surface area contributed by atoms with Gasteiger partial charge in [0.2, 0.25) is 5.91 Å². The maximum Gasteiger partial charge on any atom is 0.248 e. The number of rotatable bonds is 5. The van der Waals surface area contributed by atoms with Crippen LogP contribution in [-0.2, 0) is 0 Å². The van der Waals surface area contributed by atoms with Crippen molar-refractivity contribution >= 4 is 11.7 Å². The Balaban J connectivity index is 2.26. The van der Waals surface area contributed by atoms with Crippen molar-refractivity contribution in [1.82, 2.24) is 4.98 Å². The lowest BCUT2D eigenvalue weighted by Crippen LogP contribution is -2.41. The summed E-state index contributed by atoms with van der Waals surface area (Å²) >= 11 is 0. The summed E-state index contributed by atoms with van der Waals surface area (Å²) in [6.45, 7) is 3.66. The number of anilines is 1. The zero-order chi connectivity index (χ0) is 13.8. The molecule has 1 aliphatic rings. The largest absolute Gasteiger partial charge is 0.366 e. The number of carbonyl (C=O) groups excluding carboxylic acids is 1. The molecule has 1 aromatic heterocycles. The monoisotopic (exact) mass is 262 g/mol. The Morgan fingerprint density at radius 1 is 1.53 bits per heavy atom. The van der Waals surface area contributed by atoms with Crippen LogP contribution < -0.4 is 16.4 Å². The number of nitrogens with zero attached hydrogens (tertiary/aromatic N) is 2. The SMILES string of the molecule is CCN(c1cc(C(N)=O)ccn1)C1CCCC1CN. The third-order valence-corrected chi connectivity index (χ3v) is 3.99. The van der Waals surface area contributed by atoms with Crippen LogP contribution in [0.3, 0.4) is 0 Å². The van der Waals surface area contributed by atoms with E-state index in [9.17, 15) is 4.79 Å². The van der Waals surface area contributed by atoms with Gasteiger partial charge in [0.05, 0.1) is 0 Å². The molecule has 1 aliphatic carbocycles. The van der Waals surface area contributed by atoms with E-state index in [2.05, 4.69) is 16.8 Å². The van der Waals surface area contributed by atoms with Crippen LogP contribution in [0.5, 0.6) is 0 Å². The van der Waals surface area contributed by atoms with E-state index in [1.807, 2.05) is 0 Å². The highest BCUT2D eigenvalue weighted by Crippen LogP contribution is 2.31. The van der Waals surface area contributed by atoms with Gasteiger partial charge in [0.1, 0.15) is 5.82 Å². The summed E-state index contributed by atoms with van der Waals surface area (Å²) < 4.78 is 0. The molecule has 2 atom stereocenters. The molecule has 1 heterocycles. The van der Waals surface area contributed by atoms with E-state index >= 15 is 0 Å². The van der Waals surface area contributed by atoms with Crippen molar-refractivity contribution in [2.75, 3.05) is 18.0 Å². The van der Waals surface area contributed by atoms with Crippen molar-refractivity contribution in [2.45, 2.75) is 32.2 Å². The number of aromatic nitrogens is 1. The molecule has 0 spiro atoms. The second-order valence-corrected chi connectivity index (χ2v) is 5.05. The van der Waals surface area contributed by atoms with Gasteiger partial charge in [0.25, 0.3) is 0 Å². The van der Waals surface area contributed by atoms with E-state index in [1.54, 1.807) is 18.3 Å². The highest BCUT2D eigenvalue weighted by Gasteiger charge is 2.31. The molecule has 1 saturated carbocycles. The maximum atomic E-state index is 11.3. The molecule has 4 N–H and O–H groups in total. The maximum absolute atomic E-state index is 11.3. The van der Waals surface area contributed by atoms with Crippen molar-refractivity contribution in [3.05, 3.63) is 23.9 Å². The first kappa shape index (κ1) is 13.8. The van der Waals surface area contributed by atoms with Crippen molar-refractivity contribution in [2.24, 2.45) is 17.4 Å². The minimum atomic E-state index is -0.415. The topological polar surface area (TPSA) is 85.2 Å². The van der Waals surface area contributed by atoms with Gasteiger partial charge in [-0.2, -0.15) is 0 Å². The quantitative estimate of drug-likeness (QED) is 0.833. The van der Waals surface area contributed by atoms with Crippen LogP contribution in [0.1, 0.15) is 36.5 Å². The number of amides is 1. The van der Waals surface area contributed by atoms with Crippen LogP contribution >= 0.6 is 0 Å². The number of pyridine rings is 1. The summed E-state index contributed by atoms with van der Waals surface area (Å²) in [6.07, 6.45) is 5.16. The summed E-state index contributed by atoms with van der Waals surface area (Å²) in [6, 6.07) is 3.84. The fraction of sp³-hybridized carbons (Fsp3) is 0.571. The van der Waals surface area contributed by atoms with Gasteiger partial charge >= 0.3 is 0 Å². The van der Waals surface area contributed by atoms with Crippen LogP contribution in [-0.4, -0.2) is 30.0 Å². The molecule has 0 bridgehead atoms. The number of carbonyl (C=O) groups is 1. The smallest absolute Gasteiger partial charge is 0.248 e. The molecule has 5 nitrogen and oxygen atoms in total. The van der Waals surface area contributed by atoms with Gasteiger partial charge in [-0.25, -0.2) is 4.98 Å². The minimum absolute atomic E-state index is 0.415. The average Bonchev–Trinajstić information content (AvgIpc) is 2.88. The summed E-state index contributed by atoms with van der Waals surface area (Å²) in [4.78, 5) is 17.9. The van der Waals surface area contributed by atoms with Gasteiger partial charge in [-0.05, 0) is 44.4 Å². The van der Waals surface area contributed by atoms with Crippen LogP contribution in [0.25, 0.3) is 0 Å². The van der Waals surface area contributed by atoms with Crippen LogP contribution in [0, 0.1) is 5.92 Å². The molecule has 104 valence electrons. The summed E-state index contributed by atoms with van der Waals surface area (Å²) in [5.74, 6) is 0.921. The normalized spacial score (nSPS) is 22.4. The average molecular weight is 262 g/mol. The van der Waals surface area contributed by atoms with E-state index in [0.717, 1.165) is 18.8 Å². The Morgan fingerprint density at radius 2 is 2.32 bits per heavy atom. The number of hydrogen-bond donors (Lipinski definition) is 2. The van der Waals surface area contributed by atoms with Gasteiger partial charge in [-0.15, -0.1) is 0 Å². The molecular weight excluding hydrogens is 240 g/mol. The number of hydrogen-bond acceptors (Lipinski definition) is 4. The van der Waals surface area contributed by atoms with Crippen LogP contribution in [0.2, 0.25) is 0 Å². The Kier molecular flexibility index (Phi) is 4.37. The highest BCUT2D eigenvalue weighted by atomic mass is 16.1. The molecule has 1 aromatic rings. The number of primary amides is 1. The molecule has 0 aliphatic heterocycles. The van der Waals surface area contributed by atoms with Gasteiger partial charge < -0.3 is 16.4 Å². The molecule has 1 fully saturated rings. The first-order valence-corrected chi connectivity index (χ1v) is 6.90. The van der Waals surface area contributed by atoms with Crippen LogP contribution in [0.15, 0.2) is 18.3 Å². The summed E-state index contributed by atoms with van der Waals surface area (Å²) in [5.41, 5.74) is 11.7. The second-order valence-electron chi connectivity index (χ2n) is 5.05. The van der Waals surface area contributed by atoms with E-state index in [-0.39, 0.29) is 0 Å². The molecular formula is C14H22N4O. The van der Waals surface area contributed by atoms with E-state index in [1.165, 1.54) is 12.8 Å². The predicted octanol–water partition coefficient (Wildman–Crippen LogP) is 1.13. The molecule has 2 unspecified atom stereocenters. The molecule has 0 saturated heterocycles. The van der Waals surface area contributed by atoms with E-state index in [0.29, 0.717) is 24.1 Å². The second kappa shape index (κ2) is 6.02. The Morgan fingerprint density at radius 3 is 2.95 bits per heavy atom. The lowest BCUT2D eigenvalue weighted by atomic mass is 10.0. The first-order valence-electron chi connectivity index (χ1n) is 6.90. The van der Waals surface area contributed by atoms with Gasteiger partial charge in [-0.1, -0.05) is 6.42 Å². The lowest BCUT2D eigenvalue weighted by Gasteiger charge is -2.33. The predicted molar refractivity (Wildman–Crippen MR) is 76.0 cm³/mol. The van der Waals surface area contributed by atoms with E-state index in [4.69, 9.17) is 11.5 Å². The fourth-order valence-corrected chi connectivity index (χ4v) is 3.00. The molecule has 5 heteroatoms. The van der Waals surface area contributed by atoms with Crippen molar-refractivity contribution < 1.29 is 4.79 Å². The standard InChI is InChI=1S/C14H22N4O/c1-2-18(12-5-3-4-11(12)9-15)13-8-10(14(16)19)6-7-17-13/h6-8,11-12H,2-5,9,15H2,1H3,(H2,16,19). The third kappa shape index (κ3) is 2.87. The molecule has 0 aromatic carbocycles. The van der Waals surface area contributed by atoms with Gasteiger partial charge in [0, 0.05) is 24.3 Å². The highest BCUT2D eigenvalue weighted by molar-refractivity contribution is 5.93. The fourth-order valence-electron chi connectivity index (χ4n) is 3.00. The van der Waals surface area contributed by atoms with E-state index < -0.39 is 5.91 Å². The Labute approximate surface area is 114 Å². The zero-order valence-electron chi connectivity index (χ0n) is 11.4. The summed E-state index contributed by atoms with van der Waals surface area (Å²) in [5, 5.41) is 0. The van der Waals surface area contributed by atoms with Crippen molar-refractivity contribution in [1.29, 1.82) is 0 Å². The van der Waals surface area contributed by atoms with Gasteiger partial charge in [0.15, 0.2) is 0 Å². The van der Waals surface area contributed by atoms with Crippen LogP contribution in [0.4, 0.5) is 5.82 Å².